The largest absolute Gasteiger partial charge is 0.416 e. The van der Waals surface area contributed by atoms with Gasteiger partial charge in [-0.25, -0.2) is 13.4 Å². The predicted octanol–water partition coefficient (Wildman–Crippen LogP) is 5.34. The average Bonchev–Trinajstić information content (AvgIpc) is 2.80. The van der Waals surface area contributed by atoms with E-state index in [4.69, 9.17) is 0 Å². The molecule has 2 aromatic carbocycles. The van der Waals surface area contributed by atoms with Gasteiger partial charge in [0.05, 0.1) is 10.5 Å². The molecule has 0 saturated carbocycles. The van der Waals surface area contributed by atoms with Gasteiger partial charge in [-0.2, -0.15) is 18.2 Å². The summed E-state index contributed by atoms with van der Waals surface area (Å²) in [6.07, 6.45) is -1.04. The molecule has 34 heavy (non-hydrogen) atoms. The van der Waals surface area contributed by atoms with Crippen molar-refractivity contribution >= 4 is 33.2 Å². The zero-order chi connectivity index (χ0) is 24.3. The monoisotopic (exact) mass is 491 g/mol. The Bertz CT molecular complexity index is 1240. The number of hydrogen-bond acceptors (Lipinski definition) is 6. The highest BCUT2D eigenvalue weighted by molar-refractivity contribution is 7.92. The summed E-state index contributed by atoms with van der Waals surface area (Å²) in [5, 5.41) is 3.13. The molecule has 7 nitrogen and oxygen atoms in total. The number of sulfonamides is 1. The molecule has 0 unspecified atom stereocenters. The maximum absolute atomic E-state index is 12.7. The lowest BCUT2D eigenvalue weighted by Gasteiger charge is -2.28. The van der Waals surface area contributed by atoms with Gasteiger partial charge < -0.3 is 10.2 Å². The van der Waals surface area contributed by atoms with E-state index in [0.717, 1.165) is 61.7 Å². The molecule has 11 heteroatoms. The fourth-order valence-corrected chi connectivity index (χ4v) is 4.74. The first-order chi connectivity index (χ1) is 16.1. The third kappa shape index (κ3) is 5.77. The fraction of sp³-hybridized carbons (Fsp3) is 0.304. The summed E-state index contributed by atoms with van der Waals surface area (Å²) in [7, 11) is -4.04. The average molecular weight is 492 g/mol. The lowest BCUT2D eigenvalue weighted by molar-refractivity contribution is -0.137. The van der Waals surface area contributed by atoms with E-state index in [0.29, 0.717) is 11.6 Å². The predicted molar refractivity (Wildman–Crippen MR) is 125 cm³/mol. The van der Waals surface area contributed by atoms with Gasteiger partial charge in [-0.1, -0.05) is 0 Å². The van der Waals surface area contributed by atoms with Crippen molar-refractivity contribution in [1.29, 1.82) is 0 Å². The molecular weight excluding hydrogens is 467 g/mol. The molecule has 0 bridgehead atoms. The van der Waals surface area contributed by atoms with Crippen molar-refractivity contribution in [3.8, 4) is 0 Å². The first-order valence-electron chi connectivity index (χ1n) is 10.8. The number of benzene rings is 2. The molecule has 1 fully saturated rings. The number of nitrogens with zero attached hydrogens (tertiary/aromatic N) is 3. The van der Waals surface area contributed by atoms with Gasteiger partial charge in [-0.05, 0) is 74.7 Å². The van der Waals surface area contributed by atoms with E-state index in [-0.39, 0.29) is 10.6 Å². The number of nitrogens with one attached hydrogen (secondary N) is 2. The zero-order valence-electron chi connectivity index (χ0n) is 18.4. The third-order valence-electron chi connectivity index (χ3n) is 5.41. The van der Waals surface area contributed by atoms with E-state index in [9.17, 15) is 21.6 Å². The van der Waals surface area contributed by atoms with E-state index in [2.05, 4.69) is 24.9 Å². The van der Waals surface area contributed by atoms with Gasteiger partial charge in [-0.3, -0.25) is 4.72 Å². The number of rotatable bonds is 6. The van der Waals surface area contributed by atoms with Gasteiger partial charge in [0.25, 0.3) is 10.0 Å². The number of hydrogen-bond donors (Lipinski definition) is 2. The highest BCUT2D eigenvalue weighted by Gasteiger charge is 2.30. The molecular formula is C23H24F3N5O2S. The molecule has 1 aliphatic rings. The normalized spacial score (nSPS) is 14.6. The zero-order valence-corrected chi connectivity index (χ0v) is 19.2. The fourth-order valence-electron chi connectivity index (χ4n) is 3.68. The van der Waals surface area contributed by atoms with Crippen LogP contribution in [0.2, 0.25) is 0 Å². The molecule has 1 aromatic heterocycles. The lowest BCUT2D eigenvalue weighted by Crippen LogP contribution is -2.30. The van der Waals surface area contributed by atoms with Crippen LogP contribution in [-0.2, 0) is 16.2 Å². The summed E-state index contributed by atoms with van der Waals surface area (Å²) in [5.74, 6) is 1.31. The van der Waals surface area contributed by atoms with E-state index >= 15 is 0 Å². The second kappa shape index (κ2) is 9.49. The summed E-state index contributed by atoms with van der Waals surface area (Å²) in [6.45, 7) is 3.83. The van der Waals surface area contributed by atoms with Gasteiger partial charge in [0.15, 0.2) is 0 Å². The first-order valence-corrected chi connectivity index (χ1v) is 12.3. The third-order valence-corrected chi connectivity index (χ3v) is 6.80. The van der Waals surface area contributed by atoms with Crippen LogP contribution >= 0.6 is 0 Å². The Kier molecular flexibility index (Phi) is 6.65. The number of aryl methyl sites for hydroxylation is 1. The van der Waals surface area contributed by atoms with Crippen LogP contribution in [0.25, 0.3) is 0 Å². The molecule has 2 N–H and O–H groups in total. The van der Waals surface area contributed by atoms with Crippen LogP contribution in [0.5, 0.6) is 0 Å². The van der Waals surface area contributed by atoms with Gasteiger partial charge in [0.2, 0.25) is 5.95 Å². The van der Waals surface area contributed by atoms with Crippen molar-refractivity contribution in [2.24, 2.45) is 0 Å². The summed E-state index contributed by atoms with van der Waals surface area (Å²) in [5.41, 5.74) is 0.847. The summed E-state index contributed by atoms with van der Waals surface area (Å²) in [4.78, 5) is 11.0. The highest BCUT2D eigenvalue weighted by Crippen LogP contribution is 2.30. The molecule has 0 aliphatic carbocycles. The van der Waals surface area contributed by atoms with Gasteiger partial charge in [0.1, 0.15) is 5.82 Å². The van der Waals surface area contributed by atoms with Crippen LogP contribution in [0.4, 0.5) is 36.3 Å². The number of aromatic nitrogens is 2. The van der Waals surface area contributed by atoms with Crippen molar-refractivity contribution in [1.82, 2.24) is 9.97 Å². The van der Waals surface area contributed by atoms with Gasteiger partial charge in [-0.15, -0.1) is 0 Å². The summed E-state index contributed by atoms with van der Waals surface area (Å²) < 4.78 is 65.6. The van der Waals surface area contributed by atoms with Crippen LogP contribution < -0.4 is 14.9 Å². The summed E-state index contributed by atoms with van der Waals surface area (Å²) in [6, 6.07) is 11.7. The van der Waals surface area contributed by atoms with Crippen molar-refractivity contribution < 1.29 is 21.6 Å². The second-order valence-electron chi connectivity index (χ2n) is 8.07. The smallest absolute Gasteiger partial charge is 0.356 e. The van der Waals surface area contributed by atoms with Crippen LogP contribution in [0.1, 0.15) is 30.5 Å². The van der Waals surface area contributed by atoms with Crippen LogP contribution in [0, 0.1) is 6.92 Å². The number of alkyl halides is 3. The molecule has 2 heterocycles. The Morgan fingerprint density at radius 2 is 1.50 bits per heavy atom. The molecule has 0 spiro atoms. The van der Waals surface area contributed by atoms with E-state index < -0.39 is 21.8 Å². The Morgan fingerprint density at radius 3 is 2.12 bits per heavy atom. The SMILES string of the molecule is Cc1cc(N2CCCCC2)nc(Nc2ccc(NS(=O)(=O)c3ccc(C(F)(F)F)cc3)cc2)n1. The Balaban J connectivity index is 1.45. The lowest BCUT2D eigenvalue weighted by atomic mass is 10.1. The Morgan fingerprint density at radius 1 is 0.882 bits per heavy atom. The Labute approximate surface area is 196 Å². The van der Waals surface area contributed by atoms with Gasteiger partial charge in [0, 0.05) is 36.2 Å². The van der Waals surface area contributed by atoms with Gasteiger partial charge >= 0.3 is 6.18 Å². The minimum atomic E-state index is -4.53. The van der Waals surface area contributed by atoms with Crippen molar-refractivity contribution in [3.05, 3.63) is 65.9 Å². The molecule has 1 aliphatic heterocycles. The molecule has 4 rings (SSSR count). The van der Waals surface area contributed by atoms with Crippen molar-refractivity contribution in [2.75, 3.05) is 28.0 Å². The highest BCUT2D eigenvalue weighted by atomic mass is 32.2. The van der Waals surface area contributed by atoms with E-state index in [1.54, 1.807) is 24.3 Å². The van der Waals surface area contributed by atoms with Crippen molar-refractivity contribution in [2.45, 2.75) is 37.3 Å². The minimum Gasteiger partial charge on any atom is -0.356 e. The second-order valence-corrected chi connectivity index (χ2v) is 9.75. The molecule has 180 valence electrons. The van der Waals surface area contributed by atoms with E-state index in [1.165, 1.54) is 6.42 Å². The van der Waals surface area contributed by atoms with Crippen LogP contribution in [0.15, 0.2) is 59.5 Å². The Hall–Kier alpha value is -3.34. The standard InChI is InChI=1S/C23H24F3N5O2S/c1-16-15-21(31-13-3-2-4-14-31)29-22(27-16)28-18-7-9-19(10-8-18)30-34(32,33)20-11-5-17(6-12-20)23(24,25)26/h5-12,15,30H,2-4,13-14H2,1H3,(H,27,28,29). The molecule has 0 amide bonds. The number of halogens is 3. The molecule has 3 aromatic rings. The molecule has 0 radical (unpaired) electrons. The minimum absolute atomic E-state index is 0.263. The summed E-state index contributed by atoms with van der Waals surface area (Å²) >= 11 is 0. The quantitative estimate of drug-likeness (QED) is 0.484. The number of anilines is 4. The maximum Gasteiger partial charge on any atom is 0.416 e. The number of piperidine rings is 1. The van der Waals surface area contributed by atoms with Crippen LogP contribution in [0.3, 0.4) is 0 Å². The first kappa shape index (κ1) is 23.8. The topological polar surface area (TPSA) is 87.2 Å². The van der Waals surface area contributed by atoms with Crippen LogP contribution in [-0.4, -0.2) is 31.5 Å². The van der Waals surface area contributed by atoms with Crippen molar-refractivity contribution in [3.63, 3.8) is 0 Å². The maximum atomic E-state index is 12.7. The van der Waals surface area contributed by atoms with E-state index in [1.807, 2.05) is 13.0 Å². The molecule has 0 atom stereocenters. The molecule has 1 saturated heterocycles.